The molecule has 9 fully saturated rings. The van der Waals surface area contributed by atoms with Gasteiger partial charge in [-0.25, -0.2) is 4.79 Å². The van der Waals surface area contributed by atoms with Crippen LogP contribution in [0.25, 0.3) is 0 Å². The third-order valence-corrected chi connectivity index (χ3v) is 18.9. The summed E-state index contributed by atoms with van der Waals surface area (Å²) in [7, 11) is 0. The Morgan fingerprint density at radius 1 is 0.933 bits per heavy atom. The van der Waals surface area contributed by atoms with Crippen LogP contribution in [-0.2, 0) is 39.8 Å². The van der Waals surface area contributed by atoms with Gasteiger partial charge in [0.2, 0.25) is 0 Å². The van der Waals surface area contributed by atoms with Gasteiger partial charge in [0.05, 0.1) is 42.0 Å². The van der Waals surface area contributed by atoms with E-state index in [1.165, 1.54) is 0 Å². The van der Waals surface area contributed by atoms with E-state index < -0.39 is 81.9 Å². The lowest BCUT2D eigenvalue weighted by molar-refractivity contribution is -0.282. The number of hydrogen-bond acceptors (Lipinski definition) is 13. The predicted molar refractivity (Wildman–Crippen MR) is 214 cm³/mol. The van der Waals surface area contributed by atoms with E-state index in [2.05, 4.69) is 29.7 Å². The van der Waals surface area contributed by atoms with Crippen LogP contribution < -0.4 is 10.6 Å². The molecule has 0 aromatic carbocycles. The van der Waals surface area contributed by atoms with Gasteiger partial charge in [-0.05, 0) is 95.0 Å². The number of cyclic esters (lactones) is 2. The maximum atomic E-state index is 15.5. The Balaban J connectivity index is 1.01. The van der Waals surface area contributed by atoms with E-state index in [0.717, 1.165) is 64.6 Å². The third kappa shape index (κ3) is 4.92. The van der Waals surface area contributed by atoms with E-state index >= 15 is 4.79 Å². The lowest BCUT2D eigenvalue weighted by atomic mass is 9.32. The van der Waals surface area contributed by atoms with Crippen molar-refractivity contribution in [2.45, 2.75) is 152 Å². The molecule has 5 aliphatic carbocycles. The lowest BCUT2D eigenvalue weighted by Crippen LogP contribution is -2.79. The van der Waals surface area contributed by atoms with Gasteiger partial charge in [-0.15, -0.1) is 0 Å². The van der Waals surface area contributed by atoms with E-state index in [4.69, 9.17) is 23.4 Å². The topological polar surface area (TPSA) is 189 Å². The van der Waals surface area contributed by atoms with Crippen molar-refractivity contribution in [3.05, 3.63) is 35.8 Å². The molecule has 0 radical (unpaired) electrons. The van der Waals surface area contributed by atoms with Crippen molar-refractivity contribution >= 4 is 17.7 Å². The number of allylic oxidation sites excluding steroid dienone is 1. The molecule has 13 nitrogen and oxygen atoms in total. The first-order chi connectivity index (χ1) is 28.8. The van der Waals surface area contributed by atoms with Gasteiger partial charge in [0.1, 0.15) is 30.2 Å². The zero-order chi connectivity index (χ0) is 41.6. The van der Waals surface area contributed by atoms with Gasteiger partial charge < -0.3 is 44.0 Å². The summed E-state index contributed by atoms with van der Waals surface area (Å²) in [5.74, 6) is -1.58. The van der Waals surface area contributed by atoms with Crippen molar-refractivity contribution in [2.24, 2.45) is 57.2 Å². The molecule has 3 spiro atoms. The highest BCUT2D eigenvalue weighted by Crippen LogP contribution is 2.83. The quantitative estimate of drug-likeness (QED) is 0.144. The molecular weight excluding hydrogens is 769 g/mol. The number of ketones is 1. The van der Waals surface area contributed by atoms with Gasteiger partial charge in [0.25, 0.3) is 0 Å². The Hall–Kier alpha value is -2.65. The number of ether oxygens (including phenoxy) is 4. The summed E-state index contributed by atoms with van der Waals surface area (Å²) >= 11 is 0. The van der Waals surface area contributed by atoms with Gasteiger partial charge in [0.15, 0.2) is 11.9 Å². The molecule has 10 aliphatic rings. The van der Waals surface area contributed by atoms with Crippen molar-refractivity contribution in [3.63, 3.8) is 0 Å². The second-order valence-electron chi connectivity index (χ2n) is 21.5. The Kier molecular flexibility index (Phi) is 9.15. The van der Waals surface area contributed by atoms with Crippen molar-refractivity contribution < 1.29 is 53.1 Å². The number of carbonyl (C=O) groups excluding carboxylic acids is 3. The van der Waals surface area contributed by atoms with Gasteiger partial charge >= 0.3 is 11.9 Å². The molecule has 328 valence electrons. The first-order valence-electron chi connectivity index (χ1n) is 23.2. The number of carbonyl (C=O) groups is 3. The number of furan rings is 1. The van der Waals surface area contributed by atoms with E-state index in [9.17, 15) is 24.9 Å². The molecule has 15 unspecified atom stereocenters. The number of fused-ring (bicyclic) bond motifs is 2. The number of Topliss-reactive ketones (excluding diaryl/α,β-unsaturated/α-hetero) is 1. The molecule has 11 rings (SSSR count). The summed E-state index contributed by atoms with van der Waals surface area (Å²) in [6.45, 7) is 7.37. The lowest BCUT2D eigenvalue weighted by Gasteiger charge is -2.70. The van der Waals surface area contributed by atoms with E-state index in [0.29, 0.717) is 55.4 Å². The molecule has 60 heavy (non-hydrogen) atoms. The Bertz CT molecular complexity index is 1950. The van der Waals surface area contributed by atoms with Crippen LogP contribution in [0.4, 0.5) is 0 Å². The van der Waals surface area contributed by atoms with Crippen LogP contribution in [0.3, 0.4) is 0 Å². The van der Waals surface area contributed by atoms with E-state index in [1.807, 2.05) is 19.9 Å². The summed E-state index contributed by atoms with van der Waals surface area (Å²) < 4.78 is 33.3. The fourth-order valence-corrected chi connectivity index (χ4v) is 16.6. The number of aliphatic hydroxyl groups excluding tert-OH is 3. The van der Waals surface area contributed by atoms with Crippen LogP contribution in [0, 0.1) is 57.2 Å². The normalized spacial score (nSPS) is 47.2. The second kappa shape index (κ2) is 13.7. The zero-order valence-corrected chi connectivity index (χ0v) is 35.4. The molecule has 13 heteroatoms. The number of aliphatic hydroxyl groups is 3. The molecule has 1 aromatic rings. The van der Waals surface area contributed by atoms with Crippen LogP contribution in [0.5, 0.6) is 0 Å². The average molecular weight is 833 g/mol. The van der Waals surface area contributed by atoms with Gasteiger partial charge in [0, 0.05) is 53.4 Å². The van der Waals surface area contributed by atoms with E-state index in [1.54, 1.807) is 6.26 Å². The predicted octanol–water partition coefficient (Wildman–Crippen LogP) is 4.06. The number of rotatable bonds is 8. The number of nitrogens with one attached hydrogen (secondary N) is 2. The average Bonchev–Trinajstić information content (AvgIpc) is 3.94. The van der Waals surface area contributed by atoms with Crippen molar-refractivity contribution in [2.75, 3.05) is 26.4 Å². The zero-order valence-electron chi connectivity index (χ0n) is 35.4. The Morgan fingerprint density at radius 3 is 2.42 bits per heavy atom. The highest BCUT2D eigenvalue weighted by Gasteiger charge is 2.93. The fourth-order valence-electron chi connectivity index (χ4n) is 16.6. The molecule has 4 saturated carbocycles. The first-order valence-corrected chi connectivity index (χ1v) is 23.2. The smallest absolute Gasteiger partial charge is 0.339 e. The molecule has 15 atom stereocenters. The monoisotopic (exact) mass is 832 g/mol. The summed E-state index contributed by atoms with van der Waals surface area (Å²) in [6, 6.07) is 2.23. The third-order valence-electron chi connectivity index (χ3n) is 18.9. The first kappa shape index (κ1) is 40.1. The number of hydrogen-bond donors (Lipinski definition) is 5. The van der Waals surface area contributed by atoms with Crippen LogP contribution in [0.2, 0.25) is 0 Å². The summed E-state index contributed by atoms with van der Waals surface area (Å²) in [6.07, 6.45) is 11.0. The molecule has 5 saturated heterocycles. The van der Waals surface area contributed by atoms with Crippen molar-refractivity contribution in [1.82, 2.24) is 10.6 Å². The molecule has 1 aromatic heterocycles. The maximum absolute atomic E-state index is 15.5. The minimum atomic E-state index is -1.43. The van der Waals surface area contributed by atoms with Crippen LogP contribution in [0.15, 0.2) is 28.9 Å². The standard InChI is InChI=1S/C47H64N2O11/c1-42(2)35-34(52)36(53)46(27-8-4-5-9-27)33(45(35)23-57-41(55)44(40(45)60-42)16-6-7-17-44)14-18-43(3)37(58-39(54)38-47(43,46)59-38)28-15-19-56-32(28)20-29(31(51)22-50)25-10-12-26(13-11-25)30-21-48-24-49-30/h10,12,15,19,25-27,29-31,33,35-38,40,48-51,53H,4-9,11,13-14,16-18,20-24H2,1-3H3. The minimum Gasteiger partial charge on any atom is -0.469 e. The maximum Gasteiger partial charge on any atom is 0.339 e. The molecule has 5 aliphatic heterocycles. The fraction of sp³-hybridized carbons (Fsp3) is 0.809. The SMILES string of the molecule is CC1(C)OC2C3(CCCC3)C(=O)OCC23C1C(=O)C(O)C1(C2CCCC2)C3CCC2(C)C(c3ccoc3CC(C(O)CO)C3C=CC(C4CNCN4)CC3)OC(=O)C3OC321. The van der Waals surface area contributed by atoms with Crippen LogP contribution in [0.1, 0.15) is 115 Å². The molecule has 5 N–H and O–H groups in total. The molecular formula is C47H64N2O11. The van der Waals surface area contributed by atoms with Gasteiger partial charge in [-0.2, -0.15) is 0 Å². The highest BCUT2D eigenvalue weighted by atomic mass is 16.7. The summed E-state index contributed by atoms with van der Waals surface area (Å²) in [5.41, 5.74) is -5.35. The molecule has 0 bridgehead atoms. The van der Waals surface area contributed by atoms with Gasteiger partial charge in [-0.3, -0.25) is 14.9 Å². The largest absolute Gasteiger partial charge is 0.469 e. The number of epoxide rings is 1. The summed E-state index contributed by atoms with van der Waals surface area (Å²) in [4.78, 5) is 44.1. The van der Waals surface area contributed by atoms with Crippen molar-refractivity contribution in [3.8, 4) is 0 Å². The highest BCUT2D eigenvalue weighted by molar-refractivity contribution is 5.93. The van der Waals surface area contributed by atoms with E-state index in [-0.39, 0.29) is 42.0 Å². The van der Waals surface area contributed by atoms with Crippen molar-refractivity contribution in [1.29, 1.82) is 0 Å². The number of esters is 2. The molecule has 0 amide bonds. The second-order valence-corrected chi connectivity index (χ2v) is 21.5. The van der Waals surface area contributed by atoms with Gasteiger partial charge in [-0.1, -0.05) is 44.8 Å². The molecule has 6 heterocycles. The van der Waals surface area contributed by atoms with Crippen LogP contribution >= 0.6 is 0 Å². The minimum absolute atomic E-state index is 0.00190. The van der Waals surface area contributed by atoms with Crippen LogP contribution in [-0.4, -0.2) is 101 Å². The Labute approximate surface area is 352 Å². The Morgan fingerprint density at radius 2 is 1.72 bits per heavy atom. The summed E-state index contributed by atoms with van der Waals surface area (Å²) in [5, 5.41) is 41.8.